The summed E-state index contributed by atoms with van der Waals surface area (Å²) in [4.78, 5) is 9.10. The zero-order valence-corrected chi connectivity index (χ0v) is 10.9. The molecule has 88 valence electrons. The van der Waals surface area contributed by atoms with Gasteiger partial charge in [0.05, 0.1) is 5.69 Å². The van der Waals surface area contributed by atoms with Gasteiger partial charge >= 0.3 is 0 Å². The van der Waals surface area contributed by atoms with Crippen LogP contribution in [0.2, 0.25) is 5.15 Å². The summed E-state index contributed by atoms with van der Waals surface area (Å²) < 4.78 is 0. The lowest BCUT2D eigenvalue weighted by Crippen LogP contribution is -2.18. The van der Waals surface area contributed by atoms with Crippen LogP contribution in [0.25, 0.3) is 0 Å². The second-order valence-electron chi connectivity index (χ2n) is 5.26. The van der Waals surface area contributed by atoms with Gasteiger partial charge in [0.25, 0.3) is 0 Å². The molecule has 4 heteroatoms. The first-order valence-corrected chi connectivity index (χ1v) is 6.13. The highest BCUT2D eigenvalue weighted by Gasteiger charge is 2.22. The van der Waals surface area contributed by atoms with E-state index >= 15 is 0 Å². The molecule has 0 saturated carbocycles. The molecule has 0 saturated heterocycles. The van der Waals surface area contributed by atoms with E-state index in [4.69, 9.17) is 11.6 Å². The number of halogens is 1. The lowest BCUT2D eigenvalue weighted by atomic mass is 9.95. The Balaban J connectivity index is 2.48. The van der Waals surface area contributed by atoms with Gasteiger partial charge < -0.3 is 5.32 Å². The van der Waals surface area contributed by atoms with Gasteiger partial charge in [0.1, 0.15) is 11.0 Å². The van der Waals surface area contributed by atoms with Crippen LogP contribution in [-0.2, 0) is 18.3 Å². The van der Waals surface area contributed by atoms with Gasteiger partial charge in [0, 0.05) is 23.9 Å². The first-order chi connectivity index (χ1) is 7.48. The Hall–Kier alpha value is -0.670. The maximum absolute atomic E-state index is 6.25. The summed E-state index contributed by atoms with van der Waals surface area (Å²) in [7, 11) is 0. The highest BCUT2D eigenvalue weighted by atomic mass is 35.5. The van der Waals surface area contributed by atoms with Crippen molar-refractivity contribution < 1.29 is 0 Å². The van der Waals surface area contributed by atoms with E-state index in [0.29, 0.717) is 5.15 Å². The second kappa shape index (κ2) is 4.30. The fourth-order valence-electron chi connectivity index (χ4n) is 1.83. The quantitative estimate of drug-likeness (QED) is 0.705. The number of hydrogen-bond acceptors (Lipinski definition) is 3. The Morgan fingerprint density at radius 3 is 2.50 bits per heavy atom. The minimum atomic E-state index is -0.0433. The van der Waals surface area contributed by atoms with Gasteiger partial charge in [0.15, 0.2) is 0 Å². The van der Waals surface area contributed by atoms with Crippen LogP contribution in [0.4, 0.5) is 0 Å². The Morgan fingerprint density at radius 1 is 1.12 bits per heavy atom. The third-order valence-electron chi connectivity index (χ3n) is 2.80. The predicted molar refractivity (Wildman–Crippen MR) is 66.0 cm³/mol. The number of nitrogens with zero attached hydrogens (tertiary/aromatic N) is 2. The first kappa shape index (κ1) is 11.8. The zero-order valence-electron chi connectivity index (χ0n) is 10.1. The summed E-state index contributed by atoms with van der Waals surface area (Å²) in [5, 5.41) is 3.99. The van der Waals surface area contributed by atoms with Crippen molar-refractivity contribution in [3.05, 3.63) is 22.2 Å². The molecule has 0 unspecified atom stereocenters. The van der Waals surface area contributed by atoms with Crippen LogP contribution in [0.5, 0.6) is 0 Å². The highest BCUT2D eigenvalue weighted by Crippen LogP contribution is 2.25. The van der Waals surface area contributed by atoms with Gasteiger partial charge in [-0.3, -0.25) is 0 Å². The van der Waals surface area contributed by atoms with E-state index in [1.165, 1.54) is 0 Å². The lowest BCUT2D eigenvalue weighted by Gasteiger charge is -2.19. The predicted octanol–water partition coefficient (Wildman–Crippen LogP) is 2.12. The molecule has 0 aromatic carbocycles. The van der Waals surface area contributed by atoms with E-state index in [2.05, 4.69) is 36.1 Å². The van der Waals surface area contributed by atoms with Crippen LogP contribution in [0.1, 0.15) is 37.9 Å². The van der Waals surface area contributed by atoms with E-state index in [1.807, 2.05) is 0 Å². The van der Waals surface area contributed by atoms with Gasteiger partial charge in [-0.1, -0.05) is 32.4 Å². The number of hydrogen-bond donors (Lipinski definition) is 1. The van der Waals surface area contributed by atoms with Gasteiger partial charge in [-0.25, -0.2) is 9.97 Å². The summed E-state index contributed by atoms with van der Waals surface area (Å²) in [5.74, 6) is 0.846. The Bertz CT molecular complexity index is 396. The number of aromatic nitrogens is 2. The molecule has 1 aromatic rings. The molecular weight excluding hydrogens is 222 g/mol. The molecule has 0 atom stereocenters. The molecule has 0 fully saturated rings. The van der Waals surface area contributed by atoms with Crippen molar-refractivity contribution in [2.24, 2.45) is 0 Å². The lowest BCUT2D eigenvalue weighted by molar-refractivity contribution is 0.540. The molecule has 2 heterocycles. The summed E-state index contributed by atoms with van der Waals surface area (Å²) in [5.41, 5.74) is 2.20. The number of nitrogens with one attached hydrogen (secondary N) is 1. The molecular formula is C12H18ClN3. The molecule has 1 aliphatic heterocycles. The van der Waals surface area contributed by atoms with Crippen LogP contribution in [0.3, 0.4) is 0 Å². The molecule has 1 N–H and O–H groups in total. The second-order valence-corrected chi connectivity index (χ2v) is 5.62. The number of rotatable bonds is 0. The molecule has 1 aliphatic rings. The maximum atomic E-state index is 6.25. The van der Waals surface area contributed by atoms with E-state index < -0.39 is 0 Å². The Kier molecular flexibility index (Phi) is 3.17. The molecule has 0 radical (unpaired) electrons. The van der Waals surface area contributed by atoms with Crippen LogP contribution >= 0.6 is 11.6 Å². The van der Waals surface area contributed by atoms with Crippen molar-refractivity contribution in [3.8, 4) is 0 Å². The minimum absolute atomic E-state index is 0.0433. The summed E-state index contributed by atoms with van der Waals surface area (Å²) in [6.07, 6.45) is 1.87. The van der Waals surface area contributed by atoms with E-state index in [0.717, 1.165) is 43.0 Å². The summed E-state index contributed by atoms with van der Waals surface area (Å²) in [6, 6.07) is 0. The average molecular weight is 240 g/mol. The van der Waals surface area contributed by atoms with Crippen molar-refractivity contribution in [2.45, 2.75) is 39.0 Å². The Morgan fingerprint density at radius 2 is 1.81 bits per heavy atom. The molecule has 0 bridgehead atoms. The number of fused-ring (bicyclic) bond motifs is 1. The van der Waals surface area contributed by atoms with Crippen molar-refractivity contribution in [2.75, 3.05) is 13.1 Å². The van der Waals surface area contributed by atoms with Crippen LogP contribution in [-0.4, -0.2) is 23.1 Å². The van der Waals surface area contributed by atoms with E-state index in [-0.39, 0.29) is 5.41 Å². The molecule has 3 nitrogen and oxygen atoms in total. The van der Waals surface area contributed by atoms with Crippen molar-refractivity contribution in [1.29, 1.82) is 0 Å². The third-order valence-corrected chi connectivity index (χ3v) is 3.12. The van der Waals surface area contributed by atoms with Crippen LogP contribution in [0.15, 0.2) is 0 Å². The van der Waals surface area contributed by atoms with Crippen LogP contribution < -0.4 is 5.32 Å². The standard InChI is InChI=1S/C12H18ClN3/c1-12(2,3)11-15-9-5-7-14-6-4-8(9)10(13)16-11/h14H,4-7H2,1-3H3. The molecule has 0 amide bonds. The van der Waals surface area contributed by atoms with E-state index in [1.54, 1.807) is 0 Å². The molecule has 1 aromatic heterocycles. The van der Waals surface area contributed by atoms with Crippen LogP contribution in [0, 0.1) is 0 Å². The summed E-state index contributed by atoms with van der Waals surface area (Å²) >= 11 is 6.25. The SMILES string of the molecule is CC(C)(C)c1nc(Cl)c2c(n1)CCNCC2. The monoisotopic (exact) mass is 239 g/mol. The topological polar surface area (TPSA) is 37.8 Å². The van der Waals surface area contributed by atoms with Gasteiger partial charge in [0.2, 0.25) is 0 Å². The Labute approximate surface area is 102 Å². The smallest absolute Gasteiger partial charge is 0.136 e. The third kappa shape index (κ3) is 2.36. The fourth-order valence-corrected chi connectivity index (χ4v) is 2.12. The van der Waals surface area contributed by atoms with Crippen molar-refractivity contribution >= 4 is 11.6 Å². The normalized spacial score (nSPS) is 16.8. The average Bonchev–Trinajstić information content (AvgIpc) is 2.41. The van der Waals surface area contributed by atoms with Gasteiger partial charge in [-0.15, -0.1) is 0 Å². The van der Waals surface area contributed by atoms with Gasteiger partial charge in [-0.2, -0.15) is 0 Å². The molecule has 16 heavy (non-hydrogen) atoms. The van der Waals surface area contributed by atoms with Crippen molar-refractivity contribution in [3.63, 3.8) is 0 Å². The zero-order chi connectivity index (χ0) is 11.8. The van der Waals surface area contributed by atoms with Gasteiger partial charge in [-0.05, 0) is 13.0 Å². The molecule has 0 spiro atoms. The fraction of sp³-hybridized carbons (Fsp3) is 0.667. The van der Waals surface area contributed by atoms with E-state index in [9.17, 15) is 0 Å². The molecule has 0 aliphatic carbocycles. The first-order valence-electron chi connectivity index (χ1n) is 5.75. The highest BCUT2D eigenvalue weighted by molar-refractivity contribution is 6.30. The summed E-state index contributed by atoms with van der Waals surface area (Å²) in [6.45, 7) is 8.27. The largest absolute Gasteiger partial charge is 0.316 e. The minimum Gasteiger partial charge on any atom is -0.316 e. The van der Waals surface area contributed by atoms with Crippen molar-refractivity contribution in [1.82, 2.24) is 15.3 Å². The molecule has 2 rings (SSSR count). The maximum Gasteiger partial charge on any atom is 0.136 e.